The number of hydrogen-bond donors (Lipinski definition) is 1. The predicted octanol–water partition coefficient (Wildman–Crippen LogP) is 3.24. The maximum atomic E-state index is 13.2. The van der Waals surface area contributed by atoms with Crippen LogP contribution in [0.5, 0.6) is 0 Å². The molecule has 1 atom stereocenters. The van der Waals surface area contributed by atoms with Crippen molar-refractivity contribution in [2.24, 2.45) is 0 Å². The predicted molar refractivity (Wildman–Crippen MR) is 121 cm³/mol. The van der Waals surface area contributed by atoms with Gasteiger partial charge < -0.3 is 15.0 Å². The fourth-order valence-corrected chi connectivity index (χ4v) is 3.98. The van der Waals surface area contributed by atoms with Gasteiger partial charge in [-0.25, -0.2) is 0 Å². The van der Waals surface area contributed by atoms with Crippen LogP contribution in [0.2, 0.25) is 0 Å². The van der Waals surface area contributed by atoms with E-state index in [1.165, 1.54) is 12.1 Å². The highest BCUT2D eigenvalue weighted by Gasteiger charge is 2.24. The lowest BCUT2D eigenvalue weighted by atomic mass is 10.0. The van der Waals surface area contributed by atoms with Gasteiger partial charge in [-0.15, -0.1) is 0 Å². The van der Waals surface area contributed by atoms with Crippen molar-refractivity contribution in [1.29, 1.82) is 0 Å². The molecule has 1 aliphatic rings. The minimum absolute atomic E-state index is 0.0192. The second-order valence-electron chi connectivity index (χ2n) is 7.42. The van der Waals surface area contributed by atoms with Gasteiger partial charge in [-0.2, -0.15) is 0 Å². The van der Waals surface area contributed by atoms with Gasteiger partial charge in [0.15, 0.2) is 0 Å². The molecule has 1 amide bonds. The number of amides is 1. The summed E-state index contributed by atoms with van der Waals surface area (Å²) < 4.78 is 5.41. The molecule has 1 fully saturated rings. The molecule has 1 aliphatic heterocycles. The Hall–Kier alpha value is -2.97. The molecular formula is C23H30N4O4. The van der Waals surface area contributed by atoms with E-state index in [1.54, 1.807) is 6.07 Å². The number of likely N-dealkylation sites (N-methyl/N-ethyl adjacent to an activating group) is 1. The van der Waals surface area contributed by atoms with Crippen molar-refractivity contribution >= 4 is 17.3 Å². The number of non-ortho nitro benzene ring substituents is 1. The summed E-state index contributed by atoms with van der Waals surface area (Å²) in [6.45, 7) is 8.72. The van der Waals surface area contributed by atoms with Gasteiger partial charge >= 0.3 is 0 Å². The van der Waals surface area contributed by atoms with Crippen molar-refractivity contribution in [2.45, 2.75) is 19.9 Å². The number of carbonyl (C=O) groups is 1. The molecule has 2 aromatic rings. The van der Waals surface area contributed by atoms with Crippen LogP contribution in [-0.2, 0) is 4.74 Å². The monoisotopic (exact) mass is 426 g/mol. The average molecular weight is 427 g/mol. The third-order valence-corrected chi connectivity index (χ3v) is 5.68. The van der Waals surface area contributed by atoms with Gasteiger partial charge in [-0.05, 0) is 24.7 Å². The molecule has 8 heteroatoms. The van der Waals surface area contributed by atoms with E-state index in [0.717, 1.165) is 18.7 Å². The topological polar surface area (TPSA) is 88.0 Å². The highest BCUT2D eigenvalue weighted by molar-refractivity contribution is 6.00. The van der Waals surface area contributed by atoms with E-state index in [1.807, 2.05) is 23.1 Å². The molecule has 0 aliphatic carbocycles. The van der Waals surface area contributed by atoms with Crippen molar-refractivity contribution in [3.05, 3.63) is 69.8 Å². The maximum absolute atomic E-state index is 13.2. The van der Waals surface area contributed by atoms with Crippen LogP contribution < -0.4 is 10.2 Å². The van der Waals surface area contributed by atoms with Crippen LogP contribution in [0.15, 0.2) is 48.5 Å². The van der Waals surface area contributed by atoms with Gasteiger partial charge in [0.1, 0.15) is 0 Å². The smallest absolute Gasteiger partial charge is 0.270 e. The first kappa shape index (κ1) is 22.7. The fraction of sp³-hybridized carbons (Fsp3) is 0.435. The quantitative estimate of drug-likeness (QED) is 0.489. The third-order valence-electron chi connectivity index (χ3n) is 5.68. The molecule has 1 N–H and O–H groups in total. The molecular weight excluding hydrogens is 396 g/mol. The van der Waals surface area contributed by atoms with Crippen LogP contribution in [0, 0.1) is 10.1 Å². The number of hydrogen-bond acceptors (Lipinski definition) is 6. The molecule has 0 bridgehead atoms. The SMILES string of the molecule is CCN(CC)C(CNC(=O)c1cc([N+](=O)[O-])ccc1N1CCOCC1)c1ccccc1. The van der Waals surface area contributed by atoms with Crippen LogP contribution in [0.3, 0.4) is 0 Å². The number of nitrogens with one attached hydrogen (secondary N) is 1. The number of morpholine rings is 1. The highest BCUT2D eigenvalue weighted by Crippen LogP contribution is 2.27. The summed E-state index contributed by atoms with van der Waals surface area (Å²) in [5, 5.41) is 14.3. The summed E-state index contributed by atoms with van der Waals surface area (Å²) >= 11 is 0. The first-order chi connectivity index (χ1) is 15.0. The highest BCUT2D eigenvalue weighted by atomic mass is 16.6. The van der Waals surface area contributed by atoms with E-state index in [0.29, 0.717) is 44.1 Å². The number of benzene rings is 2. The molecule has 1 heterocycles. The summed E-state index contributed by atoms with van der Waals surface area (Å²) in [5.41, 5.74) is 2.05. The summed E-state index contributed by atoms with van der Waals surface area (Å²) in [6.07, 6.45) is 0. The van der Waals surface area contributed by atoms with E-state index in [4.69, 9.17) is 4.74 Å². The number of nitro benzene ring substituents is 1. The molecule has 0 radical (unpaired) electrons. The van der Waals surface area contributed by atoms with Crippen molar-refractivity contribution in [3.63, 3.8) is 0 Å². The standard InChI is InChI=1S/C23H30N4O4/c1-3-25(4-2)22(18-8-6-5-7-9-18)17-24-23(28)20-16-19(27(29)30)10-11-21(20)26-12-14-31-15-13-26/h5-11,16,22H,3-4,12-15,17H2,1-2H3,(H,24,28). The first-order valence-electron chi connectivity index (χ1n) is 10.7. The van der Waals surface area contributed by atoms with E-state index in [-0.39, 0.29) is 17.6 Å². The summed E-state index contributed by atoms with van der Waals surface area (Å²) in [6, 6.07) is 14.6. The number of ether oxygens (including phenoxy) is 1. The van der Waals surface area contributed by atoms with Crippen LogP contribution in [0.4, 0.5) is 11.4 Å². The molecule has 0 saturated carbocycles. The van der Waals surface area contributed by atoms with E-state index in [2.05, 4.69) is 36.2 Å². The Morgan fingerprint density at radius 1 is 1.16 bits per heavy atom. The molecule has 0 spiro atoms. The van der Waals surface area contributed by atoms with Crippen molar-refractivity contribution in [1.82, 2.24) is 10.2 Å². The molecule has 2 aromatic carbocycles. The van der Waals surface area contributed by atoms with Crippen LogP contribution in [-0.4, -0.2) is 61.7 Å². The Kier molecular flexibility index (Phi) is 7.97. The number of nitrogens with zero attached hydrogens (tertiary/aromatic N) is 3. The largest absolute Gasteiger partial charge is 0.378 e. The number of rotatable bonds is 9. The van der Waals surface area contributed by atoms with E-state index >= 15 is 0 Å². The van der Waals surface area contributed by atoms with Gasteiger partial charge in [0.2, 0.25) is 0 Å². The van der Waals surface area contributed by atoms with Gasteiger partial charge in [0.05, 0.1) is 35.4 Å². The molecule has 166 valence electrons. The van der Waals surface area contributed by atoms with Crippen molar-refractivity contribution in [2.75, 3.05) is 50.8 Å². The molecule has 1 unspecified atom stereocenters. The van der Waals surface area contributed by atoms with Gasteiger partial charge in [0.25, 0.3) is 11.6 Å². The molecule has 3 rings (SSSR count). The zero-order chi connectivity index (χ0) is 22.2. The lowest BCUT2D eigenvalue weighted by Crippen LogP contribution is -2.40. The van der Waals surface area contributed by atoms with Crippen LogP contribution in [0.1, 0.15) is 35.8 Å². The Bertz CT molecular complexity index is 880. The summed E-state index contributed by atoms with van der Waals surface area (Å²) in [5.74, 6) is -0.307. The third kappa shape index (κ3) is 5.59. The Balaban J connectivity index is 1.85. The van der Waals surface area contributed by atoms with E-state index in [9.17, 15) is 14.9 Å². The molecule has 0 aromatic heterocycles. The van der Waals surface area contributed by atoms with E-state index < -0.39 is 4.92 Å². The molecule has 31 heavy (non-hydrogen) atoms. The second kappa shape index (κ2) is 10.9. The van der Waals surface area contributed by atoms with Crippen molar-refractivity contribution < 1.29 is 14.5 Å². The fourth-order valence-electron chi connectivity index (χ4n) is 3.98. The summed E-state index contributed by atoms with van der Waals surface area (Å²) in [4.78, 5) is 28.4. The van der Waals surface area contributed by atoms with Crippen molar-refractivity contribution in [3.8, 4) is 0 Å². The van der Waals surface area contributed by atoms with Gasteiger partial charge in [-0.3, -0.25) is 19.8 Å². The second-order valence-corrected chi connectivity index (χ2v) is 7.42. The first-order valence-corrected chi connectivity index (χ1v) is 10.7. The normalized spacial score (nSPS) is 15.0. The number of carbonyl (C=O) groups excluding carboxylic acids is 1. The molecule has 8 nitrogen and oxygen atoms in total. The van der Waals surface area contributed by atoms with Crippen LogP contribution >= 0.6 is 0 Å². The number of anilines is 1. The minimum Gasteiger partial charge on any atom is -0.378 e. The minimum atomic E-state index is -0.470. The number of nitro groups is 1. The zero-order valence-electron chi connectivity index (χ0n) is 18.1. The maximum Gasteiger partial charge on any atom is 0.270 e. The Morgan fingerprint density at radius 2 is 1.84 bits per heavy atom. The summed E-state index contributed by atoms with van der Waals surface area (Å²) in [7, 11) is 0. The molecule has 1 saturated heterocycles. The van der Waals surface area contributed by atoms with Crippen LogP contribution in [0.25, 0.3) is 0 Å². The Morgan fingerprint density at radius 3 is 2.45 bits per heavy atom. The average Bonchev–Trinajstić information content (AvgIpc) is 2.82. The lowest BCUT2D eigenvalue weighted by Gasteiger charge is -2.31. The van der Waals surface area contributed by atoms with Gasteiger partial charge in [0, 0.05) is 31.8 Å². The van der Waals surface area contributed by atoms with Gasteiger partial charge in [-0.1, -0.05) is 44.2 Å². The lowest BCUT2D eigenvalue weighted by molar-refractivity contribution is -0.384. The zero-order valence-corrected chi connectivity index (χ0v) is 18.1. The Labute approximate surface area is 182 Å².